The van der Waals surface area contributed by atoms with E-state index in [1.165, 1.54) is 81.0 Å². The summed E-state index contributed by atoms with van der Waals surface area (Å²) in [6.45, 7) is 69.0. The van der Waals surface area contributed by atoms with Gasteiger partial charge in [0.15, 0.2) is 0 Å². The first-order chi connectivity index (χ1) is 70.1. The Morgan fingerprint density at radius 3 is 0.833 bits per heavy atom. The van der Waals surface area contributed by atoms with E-state index in [0.29, 0.717) is 101 Å². The lowest BCUT2D eigenvalue weighted by molar-refractivity contribution is -0.154. The second-order valence-corrected chi connectivity index (χ2v) is 43.5. The molecule has 822 valence electrons. The van der Waals surface area contributed by atoms with Gasteiger partial charge in [0.25, 0.3) is 0 Å². The summed E-state index contributed by atoms with van der Waals surface area (Å²) in [5.74, 6) is 8.90. The van der Waals surface area contributed by atoms with Gasteiger partial charge in [-0.05, 0) is 348 Å². The van der Waals surface area contributed by atoms with E-state index in [9.17, 15) is 25.2 Å². The van der Waals surface area contributed by atoms with Gasteiger partial charge in [0.05, 0.1) is 16.8 Å². The Kier molecular flexibility index (Phi) is 57.3. The van der Waals surface area contributed by atoms with Gasteiger partial charge < -0.3 is 64.5 Å². The lowest BCUT2D eigenvalue weighted by Gasteiger charge is -2.32. The molecule has 0 saturated heterocycles. The van der Waals surface area contributed by atoms with Gasteiger partial charge >= 0.3 is 5.97 Å². The van der Waals surface area contributed by atoms with E-state index in [2.05, 4.69) is 293 Å². The summed E-state index contributed by atoms with van der Waals surface area (Å²) < 4.78 is 29.6. The van der Waals surface area contributed by atoms with Gasteiger partial charge in [-0.15, -0.1) is 0 Å². The Bertz CT molecular complexity index is 5450. The zero-order valence-corrected chi connectivity index (χ0v) is 97.3. The topological polar surface area (TPSA) is 225 Å². The quantitative estimate of drug-likeness (QED) is 0.0137. The lowest BCUT2D eigenvalue weighted by atomic mass is 9.81. The number of hydrogen-bond donors (Lipinski definition) is 8. The largest absolute Gasteiger partial charge is 0.508 e. The predicted molar refractivity (Wildman–Crippen MR) is 633 cm³/mol. The molecule has 12 aromatic carbocycles. The van der Waals surface area contributed by atoms with Crippen LogP contribution >= 0.6 is 0 Å². The van der Waals surface area contributed by atoms with Gasteiger partial charge in [-0.2, -0.15) is 0 Å². The molecule has 14 heteroatoms. The van der Waals surface area contributed by atoms with Crippen LogP contribution in [0.3, 0.4) is 0 Å². The fourth-order valence-electron chi connectivity index (χ4n) is 16.2. The van der Waals surface area contributed by atoms with Crippen molar-refractivity contribution in [3.63, 3.8) is 0 Å². The number of rotatable bonds is 35. The number of hydrogen-bond acceptors (Lipinski definition) is 14. The number of carbonyl (C=O) groups excluding carboxylic acids is 1. The van der Waals surface area contributed by atoms with Crippen molar-refractivity contribution in [2.75, 3.05) is 20.3 Å². The molecule has 0 saturated carbocycles. The van der Waals surface area contributed by atoms with Crippen LogP contribution in [0.1, 0.15) is 440 Å². The molecule has 0 heterocycles. The summed E-state index contributed by atoms with van der Waals surface area (Å²) in [4.78, 5) is 11.7. The maximum atomic E-state index is 11.7. The van der Waals surface area contributed by atoms with Crippen LogP contribution in [0.2, 0.25) is 0 Å². The Morgan fingerprint density at radius 2 is 0.560 bits per heavy atom. The molecule has 0 fully saturated rings. The van der Waals surface area contributed by atoms with Crippen LogP contribution in [0.4, 0.5) is 0 Å². The number of phenolic OH excluding ortho intramolecular Hbond substituents is 5. The SMILES string of the molecule is C.CCC(C)c1ccc(C(C)(O)C(C)C)cc1.CCC(C)c1ccc(C(C)(OC)c2ccccc2)cc1.CCC(C)c1ccc(O)cc1.CCC(C)c1ccc(O)cc1.CCC(C)c1ccc(O)cc1.CCC(C)c1ccc(O)cc1.CCC(C)c1ccc(OCCOc2c(C(C)(C)C)cc(C)cc2C(C)(C)OC(C)=O)cc1.CCC(C)c1ccc(OCc2cc(C(C)(C)O)c(O)c(C(C)(C)O)c2)cc1.CCC(C)c1ccccc1. The summed E-state index contributed by atoms with van der Waals surface area (Å²) in [6, 6.07) is 91.9. The molecule has 0 amide bonds. The van der Waals surface area contributed by atoms with E-state index in [0.717, 1.165) is 90.0 Å². The monoisotopic (exact) mass is 2050 g/mol. The van der Waals surface area contributed by atoms with Crippen LogP contribution in [0, 0.1) is 12.8 Å². The van der Waals surface area contributed by atoms with Crippen molar-refractivity contribution in [2.45, 2.75) is 387 Å². The van der Waals surface area contributed by atoms with Crippen molar-refractivity contribution in [1.82, 2.24) is 0 Å². The molecule has 0 aliphatic rings. The highest BCUT2D eigenvalue weighted by atomic mass is 16.6. The highest BCUT2D eigenvalue weighted by molar-refractivity contribution is 5.67. The molecule has 11 atom stereocenters. The summed E-state index contributed by atoms with van der Waals surface area (Å²) in [5.41, 5.74) is 15.4. The van der Waals surface area contributed by atoms with Crippen LogP contribution in [0.25, 0.3) is 0 Å². The standard InChI is InChI=1S/C28H40O4.C23H32O4.C19H24O.C15H24O.4C10H14O.C10H14.CH4/c1-10-20(3)22-11-13-23(14-12-22)30-15-16-31-26-24(27(5,6)7)17-19(2)18-25(26)28(8,9)32-21(4)29;1-7-15(2)17-8-10-18(11-9-17)27-14-16-12-19(22(3,4)25)21(24)20(13-16)23(5,6)26;1-5-15(2)16-11-13-18(14-12-16)19(3,20-4)17-9-7-6-8-10-17;1-6-12(4)13-7-9-14(10-8-13)15(5,16)11(2)3;4*1-3-8(2)9-4-6-10(11)7-5-9;1-3-9(2)10-7-5-4-6-8-10;/h11-14,17-18,20H,10,15-16H2,1-9H3;8-13,15,24-26H,7,14H2,1-6H3;6-15H,5H2,1-4H3;7-12,16H,6H2,1-5H3;4*4-8,11H,3H2,1-2H3;4-9H,3H2,1-2H3;1H4. The van der Waals surface area contributed by atoms with Gasteiger partial charge in [0.2, 0.25) is 0 Å². The lowest BCUT2D eigenvalue weighted by Crippen LogP contribution is -2.27. The number of esters is 1. The number of aryl methyl sites for hydroxylation is 1. The summed E-state index contributed by atoms with van der Waals surface area (Å²) in [5, 5.41) is 77.7. The van der Waals surface area contributed by atoms with Crippen LogP contribution in [-0.2, 0) is 54.3 Å². The van der Waals surface area contributed by atoms with Crippen molar-refractivity contribution in [3.05, 3.63) is 379 Å². The number of benzene rings is 12. The van der Waals surface area contributed by atoms with Gasteiger partial charge in [-0.3, -0.25) is 4.79 Å². The summed E-state index contributed by atoms with van der Waals surface area (Å²) >= 11 is 0. The minimum absolute atomic E-state index is 0. The zero-order valence-electron chi connectivity index (χ0n) is 97.3. The molecule has 150 heavy (non-hydrogen) atoms. The minimum atomic E-state index is -1.24. The van der Waals surface area contributed by atoms with E-state index in [1.54, 1.807) is 95.5 Å². The van der Waals surface area contributed by atoms with Crippen molar-refractivity contribution in [3.8, 4) is 46.0 Å². The third kappa shape index (κ3) is 44.0. The smallest absolute Gasteiger partial charge is 0.303 e. The Balaban J connectivity index is 0.000000447. The molecule has 0 radical (unpaired) electrons. The van der Waals surface area contributed by atoms with E-state index in [1.807, 2.05) is 120 Å². The van der Waals surface area contributed by atoms with Gasteiger partial charge in [-0.25, -0.2) is 0 Å². The Hall–Kier alpha value is -11.7. The molecule has 12 aromatic rings. The van der Waals surface area contributed by atoms with Crippen molar-refractivity contribution in [1.29, 1.82) is 0 Å². The van der Waals surface area contributed by atoms with Crippen molar-refractivity contribution >= 4 is 5.97 Å². The maximum absolute atomic E-state index is 11.7. The Morgan fingerprint density at radius 1 is 0.307 bits per heavy atom. The fraction of sp³-hybridized carbons (Fsp3) is 0.463. The normalized spacial score (nSPS) is 13.7. The number of methoxy groups -OCH3 is 1. The van der Waals surface area contributed by atoms with E-state index < -0.39 is 28.0 Å². The fourth-order valence-corrected chi connectivity index (χ4v) is 16.2. The molecule has 0 spiro atoms. The van der Waals surface area contributed by atoms with E-state index in [4.69, 9.17) is 44.1 Å². The van der Waals surface area contributed by atoms with Crippen LogP contribution in [0.5, 0.6) is 46.0 Å². The maximum Gasteiger partial charge on any atom is 0.303 e. The highest BCUT2D eigenvalue weighted by Crippen LogP contribution is 2.44. The predicted octanol–water partition coefficient (Wildman–Crippen LogP) is 36.6. The van der Waals surface area contributed by atoms with Crippen LogP contribution in [0.15, 0.2) is 279 Å². The van der Waals surface area contributed by atoms with Gasteiger partial charge in [0, 0.05) is 36.3 Å². The molecular weight excluding hydrogens is 1860 g/mol. The number of aliphatic hydroxyl groups is 3. The third-order valence-electron chi connectivity index (χ3n) is 29.2. The van der Waals surface area contributed by atoms with Gasteiger partial charge in [0.1, 0.15) is 77.0 Å². The molecule has 0 aromatic heterocycles. The first-order valence-corrected chi connectivity index (χ1v) is 54.6. The molecule has 11 unspecified atom stereocenters. The average Bonchev–Trinajstić information content (AvgIpc) is 0.954. The molecule has 14 nitrogen and oxygen atoms in total. The first-order valence-electron chi connectivity index (χ1n) is 54.6. The number of aromatic hydroxyl groups is 5. The first kappa shape index (κ1) is 132. The molecule has 0 aliphatic carbocycles. The van der Waals surface area contributed by atoms with E-state index >= 15 is 0 Å². The van der Waals surface area contributed by atoms with Crippen LogP contribution < -0.4 is 14.2 Å². The molecule has 0 aliphatic heterocycles. The molecular formula is C136H194O14. The number of phenols is 5. The average molecular weight is 2050 g/mol. The minimum Gasteiger partial charge on any atom is -0.508 e. The van der Waals surface area contributed by atoms with Crippen LogP contribution in [-0.4, -0.2) is 67.1 Å². The second-order valence-electron chi connectivity index (χ2n) is 43.5. The third-order valence-corrected chi connectivity index (χ3v) is 29.2. The zero-order chi connectivity index (χ0) is 112. The molecule has 12 rings (SSSR count). The van der Waals surface area contributed by atoms with E-state index in [-0.39, 0.29) is 37.1 Å². The number of carbonyl (C=O) groups is 1. The highest BCUT2D eigenvalue weighted by Gasteiger charge is 2.35. The molecule has 0 bridgehead atoms. The summed E-state index contributed by atoms with van der Waals surface area (Å²) in [7, 11) is 1.77. The van der Waals surface area contributed by atoms with Gasteiger partial charge in [-0.1, -0.05) is 360 Å². The Labute approximate surface area is 908 Å². The van der Waals surface area contributed by atoms with Crippen molar-refractivity contribution in [2.24, 2.45) is 5.92 Å². The number of ether oxygens (including phenoxy) is 5. The van der Waals surface area contributed by atoms with Crippen molar-refractivity contribution < 1.29 is 69.3 Å². The molecule has 8 N–H and O–H groups in total. The second kappa shape index (κ2) is 64.9. The summed E-state index contributed by atoms with van der Waals surface area (Å²) in [6.07, 6.45) is 10.3.